The van der Waals surface area contributed by atoms with Crippen LogP contribution < -0.4 is 10.5 Å². The molecule has 3 aromatic rings. The molecule has 0 saturated heterocycles. The average Bonchev–Trinajstić information content (AvgIpc) is 3.08. The molecule has 1 unspecified atom stereocenters. The number of amides is 1. The smallest absolute Gasteiger partial charge is 0.269 e. The van der Waals surface area contributed by atoms with Crippen LogP contribution in [-0.2, 0) is 14.1 Å². The molecule has 1 amide bonds. The highest BCUT2D eigenvalue weighted by Crippen LogP contribution is 2.43. The van der Waals surface area contributed by atoms with E-state index >= 15 is 0 Å². The van der Waals surface area contributed by atoms with Crippen LogP contribution in [0.4, 0.5) is 5.69 Å². The molecule has 138 valence electrons. The predicted octanol–water partition coefficient (Wildman–Crippen LogP) is 4.54. The topological polar surface area (TPSA) is 47.2 Å². The molecule has 0 N–H and O–H groups in total. The number of hydrogen-bond donors (Lipinski definition) is 0. The molecule has 5 nitrogen and oxygen atoms in total. The van der Waals surface area contributed by atoms with Crippen molar-refractivity contribution in [2.45, 2.75) is 6.04 Å². The van der Waals surface area contributed by atoms with Gasteiger partial charge in [0, 0.05) is 25.3 Å². The van der Waals surface area contributed by atoms with E-state index in [1.165, 1.54) is 10.6 Å². The Bertz CT molecular complexity index is 1110. The molecule has 0 fully saturated rings. The largest absolute Gasteiger partial charge is 0.340 e. The van der Waals surface area contributed by atoms with Crippen molar-refractivity contribution in [2.75, 3.05) is 4.90 Å². The lowest BCUT2D eigenvalue weighted by Gasteiger charge is -2.27. The Labute approximate surface area is 173 Å². The van der Waals surface area contributed by atoms with Gasteiger partial charge in [0.1, 0.15) is 11.1 Å². The number of carbonyl (C=O) groups excluding carboxylic acids is 1. The molecule has 0 radical (unpaired) electrons. The first kappa shape index (κ1) is 18.3. The highest BCUT2D eigenvalue weighted by molar-refractivity contribution is 9.10. The maximum atomic E-state index is 13.3. The fourth-order valence-electron chi connectivity index (χ4n) is 3.46. The first-order chi connectivity index (χ1) is 12.8. The van der Waals surface area contributed by atoms with Gasteiger partial charge in [0.15, 0.2) is 0 Å². The number of rotatable bonds is 2. The van der Waals surface area contributed by atoms with Crippen molar-refractivity contribution >= 4 is 50.7 Å². The van der Waals surface area contributed by atoms with E-state index in [1.807, 2.05) is 29.8 Å². The van der Waals surface area contributed by atoms with E-state index in [0.29, 0.717) is 16.3 Å². The number of pyridine rings is 1. The minimum atomic E-state index is -0.366. The minimum absolute atomic E-state index is 0.0646. The molecular formula is C19H14BrCl2N3O2. The monoisotopic (exact) mass is 465 g/mol. The molecule has 0 saturated carbocycles. The molecule has 2 aromatic heterocycles. The second-order valence-corrected chi connectivity index (χ2v) is 8.07. The van der Waals surface area contributed by atoms with Gasteiger partial charge in [0.25, 0.3) is 11.5 Å². The number of benzene rings is 1. The molecule has 0 aliphatic carbocycles. The van der Waals surface area contributed by atoms with Gasteiger partial charge in [0.05, 0.1) is 21.5 Å². The van der Waals surface area contributed by atoms with Crippen molar-refractivity contribution in [3.63, 3.8) is 0 Å². The Morgan fingerprint density at radius 3 is 2.33 bits per heavy atom. The minimum Gasteiger partial charge on any atom is -0.340 e. The van der Waals surface area contributed by atoms with Crippen molar-refractivity contribution in [3.8, 4) is 0 Å². The number of hydrogen-bond acceptors (Lipinski definition) is 2. The summed E-state index contributed by atoms with van der Waals surface area (Å²) in [5, 5.41) is 0.683. The highest BCUT2D eigenvalue weighted by Gasteiger charge is 2.42. The number of carbonyl (C=O) groups is 1. The van der Waals surface area contributed by atoms with Crippen molar-refractivity contribution in [3.05, 3.63) is 84.4 Å². The number of anilines is 1. The lowest BCUT2D eigenvalue weighted by molar-refractivity contribution is 0.0993. The van der Waals surface area contributed by atoms with Crippen LogP contribution in [0.5, 0.6) is 0 Å². The van der Waals surface area contributed by atoms with Crippen LogP contribution in [0.3, 0.4) is 0 Å². The molecule has 27 heavy (non-hydrogen) atoms. The molecule has 4 rings (SSSR count). The van der Waals surface area contributed by atoms with Crippen LogP contribution in [0.25, 0.3) is 0 Å². The fourth-order valence-corrected chi connectivity index (χ4v) is 4.25. The van der Waals surface area contributed by atoms with Crippen LogP contribution >= 0.6 is 39.1 Å². The van der Waals surface area contributed by atoms with Gasteiger partial charge in [-0.15, -0.1) is 0 Å². The summed E-state index contributed by atoms with van der Waals surface area (Å²) in [7, 11) is 3.51. The normalized spacial score (nSPS) is 16.1. The third-order valence-electron chi connectivity index (χ3n) is 4.78. The Morgan fingerprint density at radius 2 is 1.70 bits per heavy atom. The average molecular weight is 467 g/mol. The first-order valence-corrected chi connectivity index (χ1v) is 9.65. The van der Waals surface area contributed by atoms with Crippen LogP contribution in [0, 0.1) is 0 Å². The maximum absolute atomic E-state index is 13.3. The summed E-state index contributed by atoms with van der Waals surface area (Å²) in [5.41, 5.74) is 2.62. The molecular weight excluding hydrogens is 453 g/mol. The number of halogens is 3. The van der Waals surface area contributed by atoms with E-state index in [4.69, 9.17) is 23.2 Å². The zero-order valence-corrected chi connectivity index (χ0v) is 17.5. The summed E-state index contributed by atoms with van der Waals surface area (Å²) in [6, 6.07) is 10.4. The number of fused-ring (bicyclic) bond motifs is 1. The quantitative estimate of drug-likeness (QED) is 0.556. The standard InChI is InChI=1S/C19H14BrCl2N3O2/c1-23-9-12(7-14(22)19(23)27)25-16(10-3-5-11(21)6-4-10)17-13(18(25)26)8-15(20)24(17)2/h3-9,16H,1-2H3. The molecule has 0 bridgehead atoms. The molecule has 3 heterocycles. The lowest BCUT2D eigenvalue weighted by atomic mass is 10.0. The SMILES string of the molecule is Cn1c(Br)cc2c1C(c1ccc(Cl)cc1)N(c1cc(Cl)c(=O)n(C)c1)C2=O. The Kier molecular flexibility index (Phi) is 4.45. The van der Waals surface area contributed by atoms with Gasteiger partial charge in [-0.05, 0) is 45.8 Å². The van der Waals surface area contributed by atoms with Gasteiger partial charge in [-0.3, -0.25) is 14.5 Å². The summed E-state index contributed by atoms with van der Waals surface area (Å²) in [6.07, 6.45) is 1.62. The van der Waals surface area contributed by atoms with Gasteiger partial charge < -0.3 is 9.13 Å². The van der Waals surface area contributed by atoms with Gasteiger partial charge >= 0.3 is 0 Å². The number of aromatic nitrogens is 2. The summed E-state index contributed by atoms with van der Waals surface area (Å²) in [5.74, 6) is -0.152. The molecule has 1 aromatic carbocycles. The highest BCUT2D eigenvalue weighted by atomic mass is 79.9. The molecule has 1 aliphatic rings. The van der Waals surface area contributed by atoms with Crippen LogP contribution in [0.2, 0.25) is 10.0 Å². The third kappa shape index (κ3) is 2.83. The third-order valence-corrected chi connectivity index (χ3v) is 6.06. The van der Waals surface area contributed by atoms with E-state index in [2.05, 4.69) is 15.9 Å². The van der Waals surface area contributed by atoms with E-state index < -0.39 is 0 Å². The zero-order chi connectivity index (χ0) is 19.5. The predicted molar refractivity (Wildman–Crippen MR) is 110 cm³/mol. The summed E-state index contributed by atoms with van der Waals surface area (Å²) < 4.78 is 4.14. The Balaban J connectivity index is 1.96. The van der Waals surface area contributed by atoms with Gasteiger partial charge in [-0.2, -0.15) is 0 Å². The van der Waals surface area contributed by atoms with Crippen molar-refractivity contribution in [1.29, 1.82) is 0 Å². The number of aryl methyl sites for hydroxylation is 1. The fraction of sp³-hybridized carbons (Fsp3) is 0.158. The van der Waals surface area contributed by atoms with Gasteiger partial charge in [-0.25, -0.2) is 0 Å². The second kappa shape index (κ2) is 6.55. The van der Waals surface area contributed by atoms with E-state index in [9.17, 15) is 9.59 Å². The molecule has 8 heteroatoms. The Hall–Kier alpha value is -2.02. The van der Waals surface area contributed by atoms with Crippen molar-refractivity contribution in [1.82, 2.24) is 9.13 Å². The molecule has 0 spiro atoms. The lowest BCUT2D eigenvalue weighted by Crippen LogP contribution is -2.31. The van der Waals surface area contributed by atoms with Crippen LogP contribution in [0.15, 0.2) is 52.0 Å². The summed E-state index contributed by atoms with van der Waals surface area (Å²) in [4.78, 5) is 26.9. The molecule has 1 atom stereocenters. The maximum Gasteiger partial charge on any atom is 0.269 e. The van der Waals surface area contributed by atoms with Crippen LogP contribution in [-0.4, -0.2) is 15.0 Å². The molecule has 1 aliphatic heterocycles. The van der Waals surface area contributed by atoms with E-state index in [0.717, 1.165) is 15.9 Å². The first-order valence-electron chi connectivity index (χ1n) is 8.10. The van der Waals surface area contributed by atoms with E-state index in [1.54, 1.807) is 30.3 Å². The van der Waals surface area contributed by atoms with E-state index in [-0.39, 0.29) is 22.5 Å². The van der Waals surface area contributed by atoms with Crippen molar-refractivity contribution in [2.24, 2.45) is 14.1 Å². The summed E-state index contributed by atoms with van der Waals surface area (Å²) >= 11 is 15.6. The van der Waals surface area contributed by atoms with Crippen LogP contribution in [0.1, 0.15) is 27.7 Å². The van der Waals surface area contributed by atoms with Crippen molar-refractivity contribution < 1.29 is 4.79 Å². The Morgan fingerprint density at radius 1 is 1.04 bits per heavy atom. The zero-order valence-electron chi connectivity index (χ0n) is 14.4. The number of nitrogens with zero attached hydrogens (tertiary/aromatic N) is 3. The summed E-state index contributed by atoms with van der Waals surface area (Å²) in [6.45, 7) is 0. The van der Waals surface area contributed by atoms with Gasteiger partial charge in [-0.1, -0.05) is 35.3 Å². The second-order valence-electron chi connectivity index (χ2n) is 6.42. The van der Waals surface area contributed by atoms with Gasteiger partial charge in [0.2, 0.25) is 0 Å².